The second-order valence-corrected chi connectivity index (χ2v) is 14.2. The summed E-state index contributed by atoms with van der Waals surface area (Å²) in [6.45, 7) is 16.4. The number of aliphatic hydroxyl groups is 1. The van der Waals surface area contributed by atoms with E-state index in [0.29, 0.717) is 35.4 Å². The minimum atomic E-state index is -0.325. The molecule has 8 heteroatoms. The molecule has 0 heterocycles. The van der Waals surface area contributed by atoms with Gasteiger partial charge in [-0.15, -0.1) is 0 Å². The van der Waals surface area contributed by atoms with Crippen LogP contribution in [0, 0.1) is 0 Å². The standard InChI is InChI=1S/C44H66N4O4/c1-7-13-15-17-19-21-39(49)45-37-31-33(47(27-9-3)28-10-4)23-25-35(37)41-43(51)42(44(41)52)36-26-24-34(48(29-11-5)30-12-6)32-38(36)46-40(50)22-20-18-16-14-8-2/h23-26,31-32,51H,7-22,27-30H2,1-6H3,(H,45,49). The smallest absolute Gasteiger partial charge is 0.246 e. The van der Waals surface area contributed by atoms with Crippen LogP contribution >= 0.6 is 0 Å². The number of hydrogen-bond donors (Lipinski definition) is 2. The van der Waals surface area contributed by atoms with E-state index < -0.39 is 0 Å². The van der Waals surface area contributed by atoms with Gasteiger partial charge in [0.1, 0.15) is 5.76 Å². The number of carbonyl (C=O) groups excluding carboxylic acids is 3. The monoisotopic (exact) mass is 715 g/mol. The normalized spacial score (nSPS) is 16.3. The molecule has 2 aliphatic rings. The number of rotatable bonds is 24. The van der Waals surface area contributed by atoms with Crippen LogP contribution < -0.4 is 10.2 Å². The number of amides is 2. The van der Waals surface area contributed by atoms with Crippen molar-refractivity contribution >= 4 is 40.3 Å². The van der Waals surface area contributed by atoms with Crippen LogP contribution in [-0.2, 0) is 14.4 Å². The second kappa shape index (κ2) is 22.9. The van der Waals surface area contributed by atoms with Crippen molar-refractivity contribution in [2.45, 2.75) is 144 Å². The van der Waals surface area contributed by atoms with Crippen molar-refractivity contribution in [3.8, 4) is 0 Å². The Bertz CT molecular complexity index is 1500. The van der Waals surface area contributed by atoms with E-state index in [-0.39, 0.29) is 34.5 Å². The van der Waals surface area contributed by atoms with Crippen molar-refractivity contribution in [2.24, 2.45) is 4.99 Å². The Morgan fingerprint density at radius 2 is 1.27 bits per heavy atom. The molecular weight excluding hydrogens is 649 g/mol. The zero-order valence-electron chi connectivity index (χ0n) is 33.1. The average Bonchev–Trinajstić information content (AvgIpc) is 3.12. The molecule has 52 heavy (non-hydrogen) atoms. The minimum absolute atomic E-state index is 0.0999. The molecule has 8 nitrogen and oxygen atoms in total. The third-order valence-corrected chi connectivity index (χ3v) is 9.68. The van der Waals surface area contributed by atoms with E-state index in [9.17, 15) is 19.5 Å². The van der Waals surface area contributed by atoms with Gasteiger partial charge >= 0.3 is 0 Å². The molecule has 0 aliphatic heterocycles. The predicted octanol–water partition coefficient (Wildman–Crippen LogP) is 10.7. The lowest BCUT2D eigenvalue weighted by Gasteiger charge is -2.30. The number of aliphatic hydroxyl groups excluding tert-OH is 1. The summed E-state index contributed by atoms with van der Waals surface area (Å²) < 4.78 is 0. The molecule has 0 saturated carbocycles. The fraction of sp³-hybridized carbons (Fsp3) is 0.591. The van der Waals surface area contributed by atoms with E-state index in [1.165, 1.54) is 0 Å². The summed E-state index contributed by atoms with van der Waals surface area (Å²) >= 11 is 0. The highest BCUT2D eigenvalue weighted by Crippen LogP contribution is 2.43. The molecule has 2 amide bonds. The van der Waals surface area contributed by atoms with Crippen LogP contribution in [0.1, 0.15) is 150 Å². The van der Waals surface area contributed by atoms with Gasteiger partial charge in [-0.05, 0) is 75.0 Å². The number of hydrogen-bond acceptors (Lipinski definition) is 6. The van der Waals surface area contributed by atoms with Crippen LogP contribution in [0.3, 0.4) is 0 Å². The maximum atomic E-state index is 14.1. The summed E-state index contributed by atoms with van der Waals surface area (Å²) in [5, 5.41) is 14.8. The minimum Gasteiger partial charge on any atom is -0.506 e. The number of unbranched alkanes of at least 4 members (excludes halogenated alkanes) is 8. The van der Waals surface area contributed by atoms with Gasteiger partial charge in [0.15, 0.2) is 0 Å². The number of nitrogens with zero attached hydrogens (tertiary/aromatic N) is 3. The van der Waals surface area contributed by atoms with Crippen molar-refractivity contribution in [1.82, 2.24) is 4.90 Å². The fourth-order valence-corrected chi connectivity index (χ4v) is 6.96. The maximum Gasteiger partial charge on any atom is 0.246 e. The third-order valence-electron chi connectivity index (χ3n) is 9.68. The number of Topliss-reactive ketones (excluding diaryl/α,β-unsaturated/α-hetero) is 1. The van der Waals surface area contributed by atoms with Crippen molar-refractivity contribution in [3.05, 3.63) is 64.6 Å². The average molecular weight is 715 g/mol. The molecule has 0 unspecified atom stereocenters. The maximum absolute atomic E-state index is 14.1. The van der Waals surface area contributed by atoms with E-state index in [4.69, 9.17) is 0 Å². The topological polar surface area (TPSA) is 102 Å². The first-order valence-corrected chi connectivity index (χ1v) is 20.4. The molecule has 0 bridgehead atoms. The van der Waals surface area contributed by atoms with Crippen molar-refractivity contribution in [3.63, 3.8) is 0 Å². The Kier molecular flexibility index (Phi) is 18.7. The summed E-state index contributed by atoms with van der Waals surface area (Å²) in [6.07, 6.45) is 20.7. The van der Waals surface area contributed by atoms with E-state index >= 15 is 0 Å². The van der Waals surface area contributed by atoms with Crippen molar-refractivity contribution in [2.75, 3.05) is 36.4 Å². The van der Waals surface area contributed by atoms with Crippen LogP contribution in [0.5, 0.6) is 0 Å². The largest absolute Gasteiger partial charge is 0.506 e. The molecule has 0 spiro atoms. The lowest BCUT2D eigenvalue weighted by Crippen LogP contribution is -2.29. The zero-order chi connectivity index (χ0) is 37.9. The van der Waals surface area contributed by atoms with E-state index in [0.717, 1.165) is 127 Å². The highest BCUT2D eigenvalue weighted by molar-refractivity contribution is 6.42. The number of benzene rings is 1. The highest BCUT2D eigenvalue weighted by Gasteiger charge is 2.39. The van der Waals surface area contributed by atoms with Crippen LogP contribution in [0.15, 0.2) is 64.0 Å². The predicted molar refractivity (Wildman–Crippen MR) is 218 cm³/mol. The van der Waals surface area contributed by atoms with Crippen molar-refractivity contribution < 1.29 is 19.5 Å². The summed E-state index contributed by atoms with van der Waals surface area (Å²) in [5.41, 5.74) is 4.12. The highest BCUT2D eigenvalue weighted by atomic mass is 16.3. The Balaban J connectivity index is 2.05. The van der Waals surface area contributed by atoms with Crippen LogP contribution in [0.4, 0.5) is 11.4 Å². The third kappa shape index (κ3) is 12.1. The van der Waals surface area contributed by atoms with E-state index in [2.05, 4.69) is 61.7 Å². The Labute approximate surface area is 314 Å². The lowest BCUT2D eigenvalue weighted by molar-refractivity contribution is -0.118. The molecule has 1 aromatic carbocycles. The summed E-state index contributed by atoms with van der Waals surface area (Å²) in [6, 6.07) is 5.75. The Hall–Kier alpha value is -3.94. The molecule has 0 fully saturated rings. The first kappa shape index (κ1) is 42.5. The van der Waals surface area contributed by atoms with Gasteiger partial charge in [-0.25, -0.2) is 4.99 Å². The summed E-state index contributed by atoms with van der Waals surface area (Å²) in [4.78, 5) is 49.6. The van der Waals surface area contributed by atoms with Gasteiger partial charge < -0.3 is 20.2 Å². The Morgan fingerprint density at radius 3 is 1.85 bits per heavy atom. The number of nitrogens with one attached hydrogen (secondary N) is 1. The number of anilines is 2. The summed E-state index contributed by atoms with van der Waals surface area (Å²) in [5.74, 6) is -0.781. The quantitative estimate of drug-likeness (QED) is 0.0816. The van der Waals surface area contributed by atoms with Crippen LogP contribution in [-0.4, -0.2) is 59.5 Å². The first-order valence-electron chi connectivity index (χ1n) is 20.4. The number of carbonyl (C=O) groups is 3. The van der Waals surface area contributed by atoms with Gasteiger partial charge in [0, 0.05) is 61.5 Å². The second-order valence-electron chi connectivity index (χ2n) is 14.2. The molecule has 2 aliphatic carbocycles. The first-order chi connectivity index (χ1) is 25.2. The SMILES string of the molecule is CCCCCCCC(=O)N=C1C=C(N(CCC)CCC)C=CC1=C1C(=O)C(c2ccc(N(CCC)CCC)cc2NC(=O)CCCCCCC)=C1O. The number of ketones is 1. The van der Waals surface area contributed by atoms with Gasteiger partial charge in [-0.1, -0.05) is 92.9 Å². The lowest BCUT2D eigenvalue weighted by atomic mass is 9.78. The molecular formula is C44H66N4O4. The molecule has 3 rings (SSSR count). The number of allylic oxidation sites excluding steroid dienone is 6. The molecule has 1 aromatic rings. The molecule has 0 atom stereocenters. The molecule has 0 aromatic heterocycles. The van der Waals surface area contributed by atoms with E-state index in [1.807, 2.05) is 36.4 Å². The van der Waals surface area contributed by atoms with Gasteiger partial charge in [-0.3, -0.25) is 14.4 Å². The molecule has 0 radical (unpaired) electrons. The molecule has 2 N–H and O–H groups in total. The van der Waals surface area contributed by atoms with Gasteiger partial charge in [0.25, 0.3) is 0 Å². The van der Waals surface area contributed by atoms with Crippen LogP contribution in [0.25, 0.3) is 5.57 Å². The number of aliphatic imine (C=N–C) groups is 1. The van der Waals surface area contributed by atoms with Gasteiger partial charge in [0.2, 0.25) is 17.6 Å². The van der Waals surface area contributed by atoms with E-state index in [1.54, 1.807) is 0 Å². The Morgan fingerprint density at radius 1 is 0.692 bits per heavy atom. The van der Waals surface area contributed by atoms with Crippen LogP contribution in [0.2, 0.25) is 0 Å². The van der Waals surface area contributed by atoms with Crippen molar-refractivity contribution in [1.29, 1.82) is 0 Å². The summed E-state index contributed by atoms with van der Waals surface area (Å²) in [7, 11) is 0. The fourth-order valence-electron chi connectivity index (χ4n) is 6.96. The van der Waals surface area contributed by atoms with Gasteiger partial charge in [-0.2, -0.15) is 0 Å². The zero-order valence-corrected chi connectivity index (χ0v) is 33.1. The molecule has 0 saturated heterocycles. The van der Waals surface area contributed by atoms with Gasteiger partial charge in [0.05, 0.1) is 22.5 Å². The molecule has 286 valence electrons.